The van der Waals surface area contributed by atoms with Crippen molar-refractivity contribution < 1.29 is 19.6 Å². The van der Waals surface area contributed by atoms with Crippen LogP contribution in [0.15, 0.2) is 24.3 Å². The van der Waals surface area contributed by atoms with Crippen LogP contribution in [0.4, 0.5) is 5.69 Å². The summed E-state index contributed by atoms with van der Waals surface area (Å²) in [5.74, 6) is -0.415. The van der Waals surface area contributed by atoms with Gasteiger partial charge in [0.25, 0.3) is 5.69 Å². The number of rotatable bonds is 9. The third-order valence-electron chi connectivity index (χ3n) is 2.83. The lowest BCUT2D eigenvalue weighted by Crippen LogP contribution is -2.30. The van der Waals surface area contributed by atoms with Gasteiger partial charge in [0, 0.05) is 18.7 Å². The molecule has 1 aromatic rings. The van der Waals surface area contributed by atoms with Crippen LogP contribution in [0.2, 0.25) is 0 Å². The van der Waals surface area contributed by atoms with E-state index in [0.29, 0.717) is 26.1 Å². The number of non-ortho nitro benzene ring substituents is 1. The zero-order valence-electron chi connectivity index (χ0n) is 11.9. The van der Waals surface area contributed by atoms with Gasteiger partial charge in [-0.2, -0.15) is 0 Å². The van der Waals surface area contributed by atoms with Crippen LogP contribution < -0.4 is 5.32 Å². The van der Waals surface area contributed by atoms with E-state index in [-0.39, 0.29) is 12.1 Å². The van der Waals surface area contributed by atoms with Crippen molar-refractivity contribution in [3.05, 3.63) is 39.9 Å². The standard InChI is InChI=1S/C14H20N2O5/c1-2-21-14(18)9-13(17)10-15-8-7-11-3-5-12(6-4-11)16(19)20/h3-6,13,15,17H,2,7-10H2,1H3. The molecule has 0 saturated heterocycles. The predicted octanol–water partition coefficient (Wildman–Crippen LogP) is 1.04. The van der Waals surface area contributed by atoms with Crippen molar-refractivity contribution in [1.29, 1.82) is 0 Å². The molecule has 0 aliphatic heterocycles. The Morgan fingerprint density at radius 2 is 2.10 bits per heavy atom. The number of hydrogen-bond acceptors (Lipinski definition) is 6. The molecule has 1 unspecified atom stereocenters. The first-order valence-corrected chi connectivity index (χ1v) is 6.80. The van der Waals surface area contributed by atoms with Crippen LogP contribution in [0.1, 0.15) is 18.9 Å². The molecule has 1 atom stereocenters. The SMILES string of the molecule is CCOC(=O)CC(O)CNCCc1ccc([N+](=O)[O-])cc1. The van der Waals surface area contributed by atoms with Gasteiger partial charge in [0.2, 0.25) is 0 Å². The molecule has 0 aliphatic rings. The number of carbonyl (C=O) groups excluding carboxylic acids is 1. The molecular formula is C14H20N2O5. The molecule has 0 fully saturated rings. The maximum Gasteiger partial charge on any atom is 0.308 e. The quantitative estimate of drug-likeness (QED) is 0.305. The zero-order valence-corrected chi connectivity index (χ0v) is 11.9. The minimum Gasteiger partial charge on any atom is -0.466 e. The Hall–Kier alpha value is -1.99. The fourth-order valence-corrected chi connectivity index (χ4v) is 1.77. The van der Waals surface area contributed by atoms with E-state index in [2.05, 4.69) is 5.32 Å². The van der Waals surface area contributed by atoms with Crippen LogP contribution in [-0.2, 0) is 16.0 Å². The van der Waals surface area contributed by atoms with Crippen molar-refractivity contribution in [3.8, 4) is 0 Å². The number of carbonyl (C=O) groups is 1. The Morgan fingerprint density at radius 1 is 1.43 bits per heavy atom. The van der Waals surface area contributed by atoms with E-state index in [4.69, 9.17) is 4.74 Å². The number of nitro groups is 1. The normalized spacial score (nSPS) is 11.9. The first-order valence-electron chi connectivity index (χ1n) is 6.80. The van der Waals surface area contributed by atoms with Gasteiger partial charge in [-0.15, -0.1) is 0 Å². The third-order valence-corrected chi connectivity index (χ3v) is 2.83. The molecule has 0 spiro atoms. The van der Waals surface area contributed by atoms with Crippen molar-refractivity contribution >= 4 is 11.7 Å². The summed E-state index contributed by atoms with van der Waals surface area (Å²) >= 11 is 0. The smallest absolute Gasteiger partial charge is 0.308 e. The number of ether oxygens (including phenoxy) is 1. The maximum absolute atomic E-state index is 11.1. The van der Waals surface area contributed by atoms with E-state index in [1.165, 1.54) is 12.1 Å². The van der Waals surface area contributed by atoms with E-state index in [1.54, 1.807) is 19.1 Å². The van der Waals surface area contributed by atoms with Gasteiger partial charge >= 0.3 is 5.97 Å². The monoisotopic (exact) mass is 296 g/mol. The maximum atomic E-state index is 11.1. The molecule has 116 valence electrons. The first-order chi connectivity index (χ1) is 10.0. The number of nitro benzene ring substituents is 1. The Kier molecular flexibility index (Phi) is 7.34. The van der Waals surface area contributed by atoms with Crippen LogP contribution in [0.25, 0.3) is 0 Å². The summed E-state index contributed by atoms with van der Waals surface area (Å²) in [6.45, 7) is 2.93. The molecule has 7 nitrogen and oxygen atoms in total. The molecule has 0 amide bonds. The molecule has 2 N–H and O–H groups in total. The summed E-state index contributed by atoms with van der Waals surface area (Å²) in [7, 11) is 0. The van der Waals surface area contributed by atoms with Gasteiger partial charge in [-0.05, 0) is 25.5 Å². The topological polar surface area (TPSA) is 102 Å². The van der Waals surface area contributed by atoms with Gasteiger partial charge in [0.15, 0.2) is 0 Å². The molecule has 0 saturated carbocycles. The van der Waals surface area contributed by atoms with E-state index in [0.717, 1.165) is 5.56 Å². The number of aliphatic hydroxyl groups excluding tert-OH is 1. The van der Waals surface area contributed by atoms with Gasteiger partial charge in [-0.25, -0.2) is 0 Å². The minimum atomic E-state index is -0.777. The fraction of sp³-hybridized carbons (Fsp3) is 0.500. The number of nitrogens with one attached hydrogen (secondary N) is 1. The number of esters is 1. The first kappa shape index (κ1) is 17.1. The molecule has 0 heterocycles. The van der Waals surface area contributed by atoms with Crippen molar-refractivity contribution in [2.45, 2.75) is 25.9 Å². The fourth-order valence-electron chi connectivity index (χ4n) is 1.77. The van der Waals surface area contributed by atoms with Crippen molar-refractivity contribution in [3.63, 3.8) is 0 Å². The zero-order chi connectivity index (χ0) is 15.7. The van der Waals surface area contributed by atoms with E-state index >= 15 is 0 Å². The summed E-state index contributed by atoms with van der Waals surface area (Å²) in [5, 5.41) is 23.1. The number of benzene rings is 1. The minimum absolute atomic E-state index is 0.0294. The van der Waals surface area contributed by atoms with Gasteiger partial charge < -0.3 is 15.2 Å². The highest BCUT2D eigenvalue weighted by atomic mass is 16.6. The summed E-state index contributed by atoms with van der Waals surface area (Å²) in [4.78, 5) is 21.2. The van der Waals surface area contributed by atoms with Crippen LogP contribution in [0.5, 0.6) is 0 Å². The Balaban J connectivity index is 2.21. The molecule has 1 rings (SSSR count). The van der Waals surface area contributed by atoms with Crippen LogP contribution in [0, 0.1) is 10.1 Å². The molecular weight excluding hydrogens is 276 g/mol. The molecule has 0 aromatic heterocycles. The van der Waals surface area contributed by atoms with Crippen molar-refractivity contribution in [2.75, 3.05) is 19.7 Å². The van der Waals surface area contributed by atoms with Gasteiger partial charge in [-0.1, -0.05) is 12.1 Å². The Labute approximate surface area is 123 Å². The summed E-state index contributed by atoms with van der Waals surface area (Å²) in [5.41, 5.74) is 1.03. The summed E-state index contributed by atoms with van der Waals surface area (Å²) in [6, 6.07) is 6.33. The second-order valence-electron chi connectivity index (χ2n) is 4.54. The van der Waals surface area contributed by atoms with Gasteiger partial charge in [-0.3, -0.25) is 14.9 Å². The summed E-state index contributed by atoms with van der Waals surface area (Å²) in [6.07, 6.45) is -0.122. The van der Waals surface area contributed by atoms with Gasteiger partial charge in [0.05, 0.1) is 24.1 Å². The second kappa shape index (κ2) is 9.04. The molecule has 1 aromatic carbocycles. The molecule has 7 heteroatoms. The van der Waals surface area contributed by atoms with E-state index in [1.807, 2.05) is 0 Å². The third kappa shape index (κ3) is 6.82. The lowest BCUT2D eigenvalue weighted by atomic mass is 10.1. The predicted molar refractivity (Wildman–Crippen MR) is 76.9 cm³/mol. The number of aliphatic hydroxyl groups is 1. The van der Waals surface area contributed by atoms with Crippen molar-refractivity contribution in [2.24, 2.45) is 0 Å². The van der Waals surface area contributed by atoms with Crippen LogP contribution >= 0.6 is 0 Å². The molecule has 21 heavy (non-hydrogen) atoms. The number of hydrogen-bond donors (Lipinski definition) is 2. The van der Waals surface area contributed by atoms with Crippen molar-refractivity contribution in [1.82, 2.24) is 5.32 Å². The van der Waals surface area contributed by atoms with Crippen LogP contribution in [0.3, 0.4) is 0 Å². The highest BCUT2D eigenvalue weighted by Gasteiger charge is 2.11. The molecule has 0 bridgehead atoms. The molecule has 0 radical (unpaired) electrons. The molecule has 0 aliphatic carbocycles. The summed E-state index contributed by atoms with van der Waals surface area (Å²) < 4.78 is 4.74. The van der Waals surface area contributed by atoms with Gasteiger partial charge in [0.1, 0.15) is 0 Å². The largest absolute Gasteiger partial charge is 0.466 e. The number of nitrogens with zero attached hydrogens (tertiary/aromatic N) is 1. The Bertz CT molecular complexity index is 461. The van der Waals surface area contributed by atoms with E-state index in [9.17, 15) is 20.0 Å². The lowest BCUT2D eigenvalue weighted by molar-refractivity contribution is -0.384. The lowest BCUT2D eigenvalue weighted by Gasteiger charge is -2.11. The highest BCUT2D eigenvalue weighted by molar-refractivity contribution is 5.69. The average molecular weight is 296 g/mol. The van der Waals surface area contributed by atoms with Crippen LogP contribution in [-0.4, -0.2) is 41.8 Å². The van der Waals surface area contributed by atoms with E-state index < -0.39 is 17.0 Å². The second-order valence-corrected chi connectivity index (χ2v) is 4.54. The Morgan fingerprint density at radius 3 is 2.67 bits per heavy atom. The average Bonchev–Trinajstić information content (AvgIpc) is 2.44. The highest BCUT2D eigenvalue weighted by Crippen LogP contribution is 2.11.